The first-order valence-electron chi connectivity index (χ1n) is 8.53. The molecule has 4 nitrogen and oxygen atoms in total. The maximum absolute atomic E-state index is 11.7. The van der Waals surface area contributed by atoms with E-state index in [-0.39, 0.29) is 6.10 Å². The molecule has 0 spiro atoms. The topological polar surface area (TPSA) is 57.6 Å². The van der Waals surface area contributed by atoms with Crippen LogP contribution < -0.4 is 0 Å². The summed E-state index contributed by atoms with van der Waals surface area (Å²) in [5, 5.41) is 10.3. The van der Waals surface area contributed by atoms with Crippen LogP contribution in [-0.4, -0.2) is 43.3 Å². The van der Waals surface area contributed by atoms with E-state index in [2.05, 4.69) is 6.92 Å². The van der Waals surface area contributed by atoms with Gasteiger partial charge in [-0.05, 0) is 56.3 Å². The predicted molar refractivity (Wildman–Crippen MR) is 85.5 cm³/mol. The molecule has 124 valence electrons. The van der Waals surface area contributed by atoms with Crippen molar-refractivity contribution in [2.24, 2.45) is 17.8 Å². The highest BCUT2D eigenvalue weighted by Gasteiger charge is 2.33. The number of aliphatic hydroxyl groups excluding tert-OH is 1. The van der Waals surface area contributed by atoms with Crippen LogP contribution in [0.15, 0.2) is 0 Å². The summed E-state index contributed by atoms with van der Waals surface area (Å²) in [7, 11) is -3.06. The quantitative estimate of drug-likeness (QED) is 0.848. The molecule has 1 saturated carbocycles. The second kappa shape index (κ2) is 7.42. The molecule has 1 heterocycles. The van der Waals surface area contributed by atoms with E-state index < -0.39 is 10.0 Å². The SMILES string of the molecule is CCCC1CCC(O)C(CC2CCCN(S(C)(=O)=O)C2)C1. The minimum atomic E-state index is -3.06. The second-order valence-electron chi connectivity index (χ2n) is 7.16. The monoisotopic (exact) mass is 317 g/mol. The summed E-state index contributed by atoms with van der Waals surface area (Å²) in [6.45, 7) is 3.55. The maximum Gasteiger partial charge on any atom is 0.211 e. The highest BCUT2D eigenvalue weighted by Crippen LogP contribution is 2.37. The van der Waals surface area contributed by atoms with Crippen LogP contribution in [0.2, 0.25) is 0 Å². The molecule has 0 bridgehead atoms. The van der Waals surface area contributed by atoms with Crippen molar-refractivity contribution in [2.45, 2.75) is 64.4 Å². The lowest BCUT2D eigenvalue weighted by molar-refractivity contribution is 0.0287. The van der Waals surface area contributed by atoms with Gasteiger partial charge in [-0.15, -0.1) is 0 Å². The van der Waals surface area contributed by atoms with Gasteiger partial charge in [-0.25, -0.2) is 12.7 Å². The van der Waals surface area contributed by atoms with Gasteiger partial charge in [0.2, 0.25) is 10.0 Å². The molecule has 1 aliphatic carbocycles. The van der Waals surface area contributed by atoms with Gasteiger partial charge >= 0.3 is 0 Å². The third kappa shape index (κ3) is 4.93. The van der Waals surface area contributed by atoms with Gasteiger partial charge in [0.05, 0.1) is 12.4 Å². The minimum Gasteiger partial charge on any atom is -0.393 e. The molecular weight excluding hydrogens is 286 g/mol. The van der Waals surface area contributed by atoms with E-state index in [4.69, 9.17) is 0 Å². The summed E-state index contributed by atoms with van der Waals surface area (Å²) in [5.74, 6) is 1.56. The molecule has 2 rings (SSSR count). The molecule has 0 amide bonds. The molecule has 2 aliphatic rings. The fourth-order valence-electron chi connectivity index (χ4n) is 4.22. The third-order valence-corrected chi connectivity index (χ3v) is 6.60. The number of piperidine rings is 1. The smallest absolute Gasteiger partial charge is 0.211 e. The zero-order valence-corrected chi connectivity index (χ0v) is 14.3. The van der Waals surface area contributed by atoms with E-state index in [0.29, 0.717) is 24.9 Å². The molecular formula is C16H31NO3S. The molecule has 4 atom stereocenters. The summed E-state index contributed by atoms with van der Waals surface area (Å²) < 4.78 is 25.0. The van der Waals surface area contributed by atoms with Gasteiger partial charge in [0.15, 0.2) is 0 Å². The van der Waals surface area contributed by atoms with Crippen molar-refractivity contribution in [1.82, 2.24) is 4.31 Å². The fraction of sp³-hybridized carbons (Fsp3) is 1.00. The van der Waals surface area contributed by atoms with Crippen LogP contribution in [0.3, 0.4) is 0 Å². The molecule has 21 heavy (non-hydrogen) atoms. The highest BCUT2D eigenvalue weighted by molar-refractivity contribution is 7.88. The Morgan fingerprint density at radius 2 is 1.95 bits per heavy atom. The number of nitrogens with zero attached hydrogens (tertiary/aromatic N) is 1. The Morgan fingerprint density at radius 1 is 1.19 bits per heavy atom. The van der Waals surface area contributed by atoms with Crippen molar-refractivity contribution in [1.29, 1.82) is 0 Å². The Bertz CT molecular complexity index is 423. The van der Waals surface area contributed by atoms with Gasteiger partial charge in [0.1, 0.15) is 0 Å². The van der Waals surface area contributed by atoms with Crippen molar-refractivity contribution in [3.63, 3.8) is 0 Å². The molecule has 0 aromatic carbocycles. The van der Waals surface area contributed by atoms with E-state index >= 15 is 0 Å². The third-order valence-electron chi connectivity index (χ3n) is 5.33. The number of aliphatic hydroxyl groups is 1. The van der Waals surface area contributed by atoms with Crippen molar-refractivity contribution in [2.75, 3.05) is 19.3 Å². The highest BCUT2D eigenvalue weighted by atomic mass is 32.2. The molecule has 1 N–H and O–H groups in total. The first-order valence-corrected chi connectivity index (χ1v) is 10.4. The Hall–Kier alpha value is -0.130. The lowest BCUT2D eigenvalue weighted by Gasteiger charge is -2.38. The summed E-state index contributed by atoms with van der Waals surface area (Å²) >= 11 is 0. The predicted octanol–water partition coefficient (Wildman–Crippen LogP) is 2.63. The van der Waals surface area contributed by atoms with E-state index in [9.17, 15) is 13.5 Å². The molecule has 2 fully saturated rings. The summed E-state index contributed by atoms with van der Waals surface area (Å²) in [4.78, 5) is 0. The number of hydrogen-bond donors (Lipinski definition) is 1. The normalized spacial score (nSPS) is 35.8. The zero-order chi connectivity index (χ0) is 15.5. The first-order chi connectivity index (χ1) is 9.90. The molecule has 5 heteroatoms. The summed E-state index contributed by atoms with van der Waals surface area (Å²) in [5.41, 5.74) is 0. The molecule has 4 unspecified atom stereocenters. The summed E-state index contributed by atoms with van der Waals surface area (Å²) in [6, 6.07) is 0. The molecule has 1 saturated heterocycles. The van der Waals surface area contributed by atoms with Crippen LogP contribution in [0.4, 0.5) is 0 Å². The fourth-order valence-corrected chi connectivity index (χ4v) is 5.16. The average molecular weight is 317 g/mol. The number of sulfonamides is 1. The lowest BCUT2D eigenvalue weighted by atomic mass is 9.73. The number of hydrogen-bond acceptors (Lipinski definition) is 3. The van der Waals surface area contributed by atoms with Crippen LogP contribution in [0.5, 0.6) is 0 Å². The van der Waals surface area contributed by atoms with Crippen LogP contribution in [0.25, 0.3) is 0 Å². The molecule has 1 aliphatic heterocycles. The van der Waals surface area contributed by atoms with Gasteiger partial charge in [-0.2, -0.15) is 0 Å². The molecule has 0 aromatic rings. The van der Waals surface area contributed by atoms with Crippen molar-refractivity contribution in [3.8, 4) is 0 Å². The Morgan fingerprint density at radius 3 is 2.62 bits per heavy atom. The van der Waals surface area contributed by atoms with Gasteiger partial charge in [0.25, 0.3) is 0 Å². The largest absolute Gasteiger partial charge is 0.393 e. The Balaban J connectivity index is 1.90. The van der Waals surface area contributed by atoms with Crippen molar-refractivity contribution < 1.29 is 13.5 Å². The molecule has 0 radical (unpaired) electrons. The zero-order valence-electron chi connectivity index (χ0n) is 13.5. The number of rotatable bonds is 5. The Kier molecular flexibility index (Phi) is 6.09. The maximum atomic E-state index is 11.7. The first kappa shape index (κ1) is 17.2. The van der Waals surface area contributed by atoms with Crippen molar-refractivity contribution in [3.05, 3.63) is 0 Å². The van der Waals surface area contributed by atoms with Crippen LogP contribution in [0, 0.1) is 17.8 Å². The van der Waals surface area contributed by atoms with E-state index in [1.54, 1.807) is 4.31 Å². The summed E-state index contributed by atoms with van der Waals surface area (Å²) in [6.07, 6.45) is 9.89. The van der Waals surface area contributed by atoms with E-state index in [0.717, 1.165) is 44.4 Å². The Labute approximate surface area is 130 Å². The average Bonchev–Trinajstić information content (AvgIpc) is 2.42. The van der Waals surface area contributed by atoms with Gasteiger partial charge in [0, 0.05) is 13.1 Å². The van der Waals surface area contributed by atoms with Gasteiger partial charge in [-0.1, -0.05) is 19.8 Å². The standard InChI is InChI=1S/C16H31NO3S/c1-3-5-13-7-8-16(18)15(10-13)11-14-6-4-9-17(12-14)21(2,19)20/h13-16,18H,3-12H2,1-2H3. The van der Waals surface area contributed by atoms with Crippen LogP contribution in [0.1, 0.15) is 58.3 Å². The van der Waals surface area contributed by atoms with Crippen LogP contribution in [-0.2, 0) is 10.0 Å². The van der Waals surface area contributed by atoms with Crippen LogP contribution >= 0.6 is 0 Å². The van der Waals surface area contributed by atoms with Crippen molar-refractivity contribution >= 4 is 10.0 Å². The van der Waals surface area contributed by atoms with E-state index in [1.807, 2.05) is 0 Å². The minimum absolute atomic E-state index is 0.174. The van der Waals surface area contributed by atoms with Gasteiger partial charge in [-0.3, -0.25) is 0 Å². The molecule has 0 aromatic heterocycles. The van der Waals surface area contributed by atoms with E-state index in [1.165, 1.54) is 19.1 Å². The van der Waals surface area contributed by atoms with Gasteiger partial charge < -0.3 is 5.11 Å². The lowest BCUT2D eigenvalue weighted by Crippen LogP contribution is -2.41. The second-order valence-corrected chi connectivity index (χ2v) is 9.14.